The van der Waals surface area contributed by atoms with Gasteiger partial charge in [0, 0.05) is 39.3 Å². The third kappa shape index (κ3) is 5.34. The lowest BCUT2D eigenvalue weighted by atomic mass is 10.1. The molecule has 0 aliphatic carbocycles. The van der Waals surface area contributed by atoms with Gasteiger partial charge in [-0.3, -0.25) is 18.9 Å². The van der Waals surface area contributed by atoms with Crippen LogP contribution in [-0.2, 0) is 11.2 Å². The summed E-state index contributed by atoms with van der Waals surface area (Å²) in [6.07, 6.45) is 2.88. The Morgan fingerprint density at radius 1 is 1.00 bits per heavy atom. The van der Waals surface area contributed by atoms with Crippen LogP contribution in [0.4, 0.5) is 5.82 Å². The van der Waals surface area contributed by atoms with Crippen LogP contribution in [-0.4, -0.2) is 71.8 Å². The quantitative estimate of drug-likeness (QED) is 0.518. The number of pyridine rings is 1. The first-order valence-electron chi connectivity index (χ1n) is 11.0. The molecule has 0 aliphatic rings. The van der Waals surface area contributed by atoms with Gasteiger partial charge in [-0.25, -0.2) is 4.98 Å². The van der Waals surface area contributed by atoms with Crippen LogP contribution >= 0.6 is 0 Å². The molecule has 2 aromatic heterocycles. The highest BCUT2D eigenvalue weighted by molar-refractivity contribution is 5.95. The normalized spacial score (nSPS) is 11.2. The summed E-state index contributed by atoms with van der Waals surface area (Å²) in [6, 6.07) is 13.6. The number of fused-ring (bicyclic) bond motifs is 1. The highest BCUT2D eigenvalue weighted by Crippen LogP contribution is 2.23. The third-order valence-corrected chi connectivity index (χ3v) is 5.66. The van der Waals surface area contributed by atoms with Crippen molar-refractivity contribution in [3.05, 3.63) is 65.5 Å². The number of carbonyl (C=O) groups excluding carboxylic acids is 2. The van der Waals surface area contributed by atoms with Gasteiger partial charge >= 0.3 is 0 Å². The minimum atomic E-state index is -0.0217. The van der Waals surface area contributed by atoms with Gasteiger partial charge in [0.05, 0.1) is 11.3 Å². The molecule has 0 saturated carbocycles. The summed E-state index contributed by atoms with van der Waals surface area (Å²) in [5.41, 5.74) is 3.19. The molecule has 0 saturated heterocycles. The van der Waals surface area contributed by atoms with E-state index in [1.807, 2.05) is 79.7 Å². The van der Waals surface area contributed by atoms with E-state index in [2.05, 4.69) is 9.88 Å². The molecule has 0 N–H and O–H groups in total. The van der Waals surface area contributed by atoms with Crippen LogP contribution in [0, 0.1) is 6.92 Å². The van der Waals surface area contributed by atoms with Gasteiger partial charge in [0.15, 0.2) is 0 Å². The van der Waals surface area contributed by atoms with Crippen molar-refractivity contribution in [3.63, 3.8) is 0 Å². The molecule has 0 radical (unpaired) electrons. The molecule has 0 spiro atoms. The number of hydrogen-bond donors (Lipinski definition) is 0. The highest BCUT2D eigenvalue weighted by atomic mass is 16.2. The highest BCUT2D eigenvalue weighted by Gasteiger charge is 2.21. The van der Waals surface area contributed by atoms with Gasteiger partial charge in [-0.2, -0.15) is 0 Å². The molecule has 3 rings (SSSR count). The fourth-order valence-corrected chi connectivity index (χ4v) is 3.77. The maximum absolute atomic E-state index is 13.1. The molecular formula is C25H33N5O2. The van der Waals surface area contributed by atoms with Crippen LogP contribution in [0.1, 0.15) is 35.0 Å². The first-order chi connectivity index (χ1) is 15.3. The Morgan fingerprint density at radius 2 is 1.72 bits per heavy atom. The van der Waals surface area contributed by atoms with Crippen molar-refractivity contribution in [1.29, 1.82) is 0 Å². The number of benzene rings is 1. The summed E-state index contributed by atoms with van der Waals surface area (Å²) in [7, 11) is 5.76. The van der Waals surface area contributed by atoms with Crippen LogP contribution in [0.5, 0.6) is 0 Å². The number of carbonyl (C=O) groups is 2. The first-order valence-corrected chi connectivity index (χ1v) is 11.0. The number of imidazole rings is 1. The molecular weight excluding hydrogens is 402 g/mol. The smallest absolute Gasteiger partial charge is 0.255 e. The molecule has 2 heterocycles. The number of amides is 2. The minimum absolute atomic E-state index is 0.0108. The minimum Gasteiger partial charge on any atom is -0.338 e. The zero-order valence-electron chi connectivity index (χ0n) is 19.7. The van der Waals surface area contributed by atoms with Gasteiger partial charge in [-0.05, 0) is 52.1 Å². The van der Waals surface area contributed by atoms with Gasteiger partial charge < -0.3 is 9.80 Å². The van der Waals surface area contributed by atoms with Crippen molar-refractivity contribution in [2.45, 2.75) is 26.7 Å². The van der Waals surface area contributed by atoms with Crippen LogP contribution in [0.3, 0.4) is 0 Å². The van der Waals surface area contributed by atoms with E-state index >= 15 is 0 Å². The second-order valence-corrected chi connectivity index (χ2v) is 8.29. The van der Waals surface area contributed by atoms with Crippen molar-refractivity contribution in [2.75, 3.05) is 45.7 Å². The number of rotatable bonds is 9. The molecule has 7 nitrogen and oxygen atoms in total. The van der Waals surface area contributed by atoms with Gasteiger partial charge in [-0.1, -0.05) is 30.3 Å². The van der Waals surface area contributed by atoms with E-state index in [0.29, 0.717) is 43.0 Å². The Labute approximate surface area is 190 Å². The molecule has 2 amide bonds. The summed E-state index contributed by atoms with van der Waals surface area (Å²) in [6.45, 7) is 5.97. The molecule has 0 bridgehead atoms. The van der Waals surface area contributed by atoms with Crippen LogP contribution < -0.4 is 4.90 Å². The summed E-state index contributed by atoms with van der Waals surface area (Å²) in [4.78, 5) is 36.2. The molecule has 1 aromatic carbocycles. The standard InChI is InChI=1S/C25H33N5O2/c1-6-29(17-16-27(3)4)25(32)21-13-14-22-26-19(2)24(30(22)18-21)28(5)23(31)15-12-20-10-8-7-9-11-20/h7-11,13-14,18H,6,12,15-17H2,1-5H3. The molecule has 170 valence electrons. The Kier molecular flexibility index (Phi) is 7.64. The van der Waals surface area contributed by atoms with Gasteiger partial charge in [0.1, 0.15) is 11.5 Å². The molecule has 0 atom stereocenters. The number of anilines is 1. The van der Waals surface area contributed by atoms with E-state index in [1.165, 1.54) is 0 Å². The maximum atomic E-state index is 13.1. The van der Waals surface area contributed by atoms with E-state index in [9.17, 15) is 9.59 Å². The van der Waals surface area contributed by atoms with Crippen molar-refractivity contribution >= 4 is 23.3 Å². The first kappa shape index (κ1) is 23.5. The molecule has 0 unspecified atom stereocenters. The average Bonchev–Trinajstić information content (AvgIpc) is 3.12. The van der Waals surface area contributed by atoms with Crippen molar-refractivity contribution in [1.82, 2.24) is 19.2 Å². The van der Waals surface area contributed by atoms with E-state index in [1.54, 1.807) is 18.1 Å². The van der Waals surface area contributed by atoms with E-state index in [-0.39, 0.29) is 11.8 Å². The predicted molar refractivity (Wildman–Crippen MR) is 128 cm³/mol. The Hall–Kier alpha value is -3.19. The fraction of sp³-hybridized carbons (Fsp3) is 0.400. The third-order valence-electron chi connectivity index (χ3n) is 5.66. The summed E-state index contributed by atoms with van der Waals surface area (Å²) in [5.74, 6) is 0.687. The summed E-state index contributed by atoms with van der Waals surface area (Å²) in [5, 5.41) is 0. The summed E-state index contributed by atoms with van der Waals surface area (Å²) < 4.78 is 1.85. The van der Waals surface area contributed by atoms with Gasteiger partial charge in [-0.15, -0.1) is 0 Å². The lowest BCUT2D eigenvalue weighted by Crippen LogP contribution is -2.36. The molecule has 3 aromatic rings. The van der Waals surface area contributed by atoms with Crippen molar-refractivity contribution in [3.8, 4) is 0 Å². The lowest BCUT2D eigenvalue weighted by molar-refractivity contribution is -0.118. The molecule has 7 heteroatoms. The number of aromatic nitrogens is 2. The fourth-order valence-electron chi connectivity index (χ4n) is 3.77. The van der Waals surface area contributed by atoms with Gasteiger partial charge in [0.2, 0.25) is 5.91 Å². The number of aryl methyl sites for hydroxylation is 2. The lowest BCUT2D eigenvalue weighted by Gasteiger charge is -2.23. The zero-order chi connectivity index (χ0) is 23.3. The number of hydrogen-bond acceptors (Lipinski definition) is 4. The number of nitrogens with zero attached hydrogens (tertiary/aromatic N) is 5. The van der Waals surface area contributed by atoms with Crippen LogP contribution in [0.25, 0.3) is 5.65 Å². The van der Waals surface area contributed by atoms with Crippen molar-refractivity contribution in [2.24, 2.45) is 0 Å². The molecule has 0 fully saturated rings. The predicted octanol–water partition coefficient (Wildman–Crippen LogP) is 3.26. The zero-order valence-corrected chi connectivity index (χ0v) is 19.7. The summed E-state index contributed by atoms with van der Waals surface area (Å²) >= 11 is 0. The second kappa shape index (κ2) is 10.4. The molecule has 0 aliphatic heterocycles. The Morgan fingerprint density at radius 3 is 2.38 bits per heavy atom. The van der Waals surface area contributed by atoms with Crippen molar-refractivity contribution < 1.29 is 9.59 Å². The largest absolute Gasteiger partial charge is 0.338 e. The number of likely N-dealkylation sites (N-methyl/N-ethyl adjacent to an activating group) is 2. The maximum Gasteiger partial charge on any atom is 0.255 e. The van der Waals surface area contributed by atoms with Crippen LogP contribution in [0.15, 0.2) is 48.7 Å². The van der Waals surface area contributed by atoms with E-state index in [0.717, 1.165) is 17.8 Å². The Bertz CT molecular complexity index is 1070. The van der Waals surface area contributed by atoms with E-state index in [4.69, 9.17) is 0 Å². The average molecular weight is 436 g/mol. The van der Waals surface area contributed by atoms with Gasteiger partial charge in [0.25, 0.3) is 5.91 Å². The second-order valence-electron chi connectivity index (χ2n) is 8.29. The molecule has 32 heavy (non-hydrogen) atoms. The van der Waals surface area contributed by atoms with Crippen LogP contribution in [0.2, 0.25) is 0 Å². The van der Waals surface area contributed by atoms with E-state index < -0.39 is 0 Å². The Balaban J connectivity index is 1.83. The SMILES string of the molecule is CCN(CCN(C)C)C(=O)c1ccc2nc(C)c(N(C)C(=O)CCc3ccccc3)n2c1. The topological polar surface area (TPSA) is 61.2 Å². The monoisotopic (exact) mass is 435 g/mol.